The first-order valence-corrected chi connectivity index (χ1v) is 7.91. The third kappa shape index (κ3) is 3.46. The highest BCUT2D eigenvalue weighted by molar-refractivity contribution is 9.10. The van der Waals surface area contributed by atoms with Crippen LogP contribution in [0.25, 0.3) is 11.5 Å². The van der Waals surface area contributed by atoms with Crippen molar-refractivity contribution in [3.05, 3.63) is 58.4 Å². The molecule has 0 atom stereocenters. The number of carbonyl (C=O) groups is 1. The van der Waals surface area contributed by atoms with Crippen molar-refractivity contribution in [2.24, 2.45) is 0 Å². The van der Waals surface area contributed by atoms with Crippen molar-refractivity contribution in [2.45, 2.75) is 6.92 Å². The van der Waals surface area contributed by atoms with Crippen molar-refractivity contribution in [2.75, 3.05) is 12.4 Å². The van der Waals surface area contributed by atoms with Gasteiger partial charge in [0, 0.05) is 15.7 Å². The lowest BCUT2D eigenvalue weighted by Gasteiger charge is -2.04. The zero-order valence-corrected chi connectivity index (χ0v) is 14.6. The Morgan fingerprint density at radius 2 is 2.04 bits per heavy atom. The number of amides is 1. The van der Waals surface area contributed by atoms with Crippen LogP contribution < -0.4 is 10.1 Å². The number of methoxy groups -OCH3 is 1. The minimum Gasteiger partial charge on any atom is -0.497 e. The minimum absolute atomic E-state index is 0.103. The first kappa shape index (κ1) is 16.2. The molecule has 0 aliphatic carbocycles. The molecule has 24 heavy (non-hydrogen) atoms. The largest absolute Gasteiger partial charge is 0.497 e. The van der Waals surface area contributed by atoms with Crippen LogP contribution in [0.2, 0.25) is 0 Å². The maximum atomic E-state index is 12.2. The predicted molar refractivity (Wildman–Crippen MR) is 93.1 cm³/mol. The summed E-state index contributed by atoms with van der Waals surface area (Å²) < 4.78 is 11.6. The van der Waals surface area contributed by atoms with Crippen molar-refractivity contribution < 1.29 is 13.9 Å². The van der Waals surface area contributed by atoms with Crippen molar-refractivity contribution in [3.63, 3.8) is 0 Å². The predicted octanol–water partition coefficient (Wildman–Crippen LogP) is 4.07. The van der Waals surface area contributed by atoms with Crippen LogP contribution in [0.1, 0.15) is 16.2 Å². The van der Waals surface area contributed by atoms with E-state index >= 15 is 0 Å². The molecule has 6 nitrogen and oxygen atoms in total. The van der Waals surface area contributed by atoms with E-state index in [-0.39, 0.29) is 11.8 Å². The number of rotatable bonds is 4. The van der Waals surface area contributed by atoms with Crippen LogP contribution in [0.15, 0.2) is 51.4 Å². The average Bonchev–Trinajstić information content (AvgIpc) is 3.08. The number of carbonyl (C=O) groups excluding carboxylic acids is 1. The monoisotopic (exact) mass is 387 g/mol. The number of nitrogens with zero attached hydrogens (tertiary/aromatic N) is 2. The molecule has 3 aromatic rings. The Morgan fingerprint density at radius 1 is 1.21 bits per heavy atom. The second-order valence-corrected chi connectivity index (χ2v) is 5.92. The van der Waals surface area contributed by atoms with Gasteiger partial charge in [-0.05, 0) is 48.9 Å². The Hall–Kier alpha value is -2.67. The molecule has 2 aromatic carbocycles. The van der Waals surface area contributed by atoms with E-state index in [1.54, 1.807) is 25.3 Å². The Kier molecular flexibility index (Phi) is 4.61. The van der Waals surface area contributed by atoms with Gasteiger partial charge in [0.2, 0.25) is 5.89 Å². The normalized spacial score (nSPS) is 10.5. The molecule has 0 saturated heterocycles. The number of nitrogens with one attached hydrogen (secondary N) is 1. The summed E-state index contributed by atoms with van der Waals surface area (Å²) >= 11 is 3.42. The van der Waals surface area contributed by atoms with Crippen LogP contribution in [-0.4, -0.2) is 23.2 Å². The van der Waals surface area contributed by atoms with E-state index < -0.39 is 5.91 Å². The number of aryl methyl sites for hydroxylation is 1. The van der Waals surface area contributed by atoms with E-state index in [4.69, 9.17) is 9.15 Å². The van der Waals surface area contributed by atoms with E-state index in [1.165, 1.54) is 0 Å². The van der Waals surface area contributed by atoms with Gasteiger partial charge < -0.3 is 14.5 Å². The van der Waals surface area contributed by atoms with Crippen LogP contribution in [0.3, 0.4) is 0 Å². The maximum Gasteiger partial charge on any atom is 0.313 e. The molecule has 0 aliphatic heterocycles. The van der Waals surface area contributed by atoms with Gasteiger partial charge in [-0.3, -0.25) is 4.79 Å². The molecule has 1 aromatic heterocycles. The van der Waals surface area contributed by atoms with Crippen LogP contribution in [0, 0.1) is 6.92 Å². The molecule has 1 amide bonds. The first-order chi connectivity index (χ1) is 11.6. The molecule has 122 valence electrons. The van der Waals surface area contributed by atoms with E-state index in [0.29, 0.717) is 17.0 Å². The van der Waals surface area contributed by atoms with Gasteiger partial charge in [-0.15, -0.1) is 10.2 Å². The molecule has 0 spiro atoms. The number of ether oxygens (including phenoxy) is 1. The van der Waals surface area contributed by atoms with Crippen LogP contribution in [-0.2, 0) is 0 Å². The van der Waals surface area contributed by atoms with Gasteiger partial charge in [0.25, 0.3) is 0 Å². The Balaban J connectivity index is 1.79. The molecule has 1 N–H and O–H groups in total. The fraction of sp³-hybridized carbons (Fsp3) is 0.118. The quantitative estimate of drug-likeness (QED) is 0.729. The van der Waals surface area contributed by atoms with E-state index in [2.05, 4.69) is 31.4 Å². The molecule has 0 unspecified atom stereocenters. The zero-order valence-electron chi connectivity index (χ0n) is 13.0. The molecule has 7 heteroatoms. The Morgan fingerprint density at radius 3 is 2.79 bits per heavy atom. The van der Waals surface area contributed by atoms with Gasteiger partial charge in [-0.2, -0.15) is 0 Å². The van der Waals surface area contributed by atoms with Crippen LogP contribution in [0.4, 0.5) is 5.69 Å². The van der Waals surface area contributed by atoms with Crippen LogP contribution >= 0.6 is 15.9 Å². The molecular weight excluding hydrogens is 374 g/mol. The lowest BCUT2D eigenvalue weighted by Crippen LogP contribution is -2.12. The molecule has 0 fully saturated rings. The van der Waals surface area contributed by atoms with Crippen molar-refractivity contribution in [3.8, 4) is 17.2 Å². The SMILES string of the molecule is COc1cccc(-c2nnc(C(=O)Nc3ccc(Br)c(C)c3)o2)c1. The standard InChI is InChI=1S/C17H14BrN3O3/c1-10-8-12(6-7-14(10)18)19-15(22)17-21-20-16(24-17)11-4-3-5-13(9-11)23-2/h3-9H,1-2H3,(H,19,22). The Labute approximate surface area is 147 Å². The number of anilines is 1. The molecule has 0 radical (unpaired) electrons. The summed E-state index contributed by atoms with van der Waals surface area (Å²) in [7, 11) is 1.58. The smallest absolute Gasteiger partial charge is 0.313 e. The van der Waals surface area contributed by atoms with Gasteiger partial charge >= 0.3 is 11.8 Å². The molecular formula is C17H14BrN3O3. The topological polar surface area (TPSA) is 77.2 Å². The second-order valence-electron chi connectivity index (χ2n) is 5.06. The summed E-state index contributed by atoms with van der Waals surface area (Å²) in [5, 5.41) is 10.5. The highest BCUT2D eigenvalue weighted by atomic mass is 79.9. The lowest BCUT2D eigenvalue weighted by atomic mass is 10.2. The number of benzene rings is 2. The lowest BCUT2D eigenvalue weighted by molar-refractivity contribution is 0.0991. The van der Waals surface area contributed by atoms with Gasteiger partial charge in [0.1, 0.15) is 5.75 Å². The van der Waals surface area contributed by atoms with Crippen LogP contribution in [0.5, 0.6) is 5.75 Å². The van der Waals surface area contributed by atoms with Gasteiger partial charge in [-0.25, -0.2) is 0 Å². The van der Waals surface area contributed by atoms with Gasteiger partial charge in [0.05, 0.1) is 7.11 Å². The summed E-state index contributed by atoms with van der Waals surface area (Å²) in [5.41, 5.74) is 2.35. The summed E-state index contributed by atoms with van der Waals surface area (Å²) in [4.78, 5) is 12.2. The molecule has 3 rings (SSSR count). The van der Waals surface area contributed by atoms with Crippen molar-refractivity contribution >= 4 is 27.5 Å². The second kappa shape index (κ2) is 6.84. The van der Waals surface area contributed by atoms with E-state index in [1.807, 2.05) is 31.2 Å². The average molecular weight is 388 g/mol. The van der Waals surface area contributed by atoms with Gasteiger partial charge in [-0.1, -0.05) is 22.0 Å². The highest BCUT2D eigenvalue weighted by Gasteiger charge is 2.16. The summed E-state index contributed by atoms with van der Waals surface area (Å²) in [5.74, 6) is 0.361. The van der Waals surface area contributed by atoms with Gasteiger partial charge in [0.15, 0.2) is 0 Å². The zero-order chi connectivity index (χ0) is 17.1. The summed E-state index contributed by atoms with van der Waals surface area (Å²) in [6.07, 6.45) is 0. The molecule has 1 heterocycles. The number of halogens is 1. The van der Waals surface area contributed by atoms with Crippen molar-refractivity contribution in [1.29, 1.82) is 0 Å². The maximum absolute atomic E-state index is 12.2. The third-order valence-corrected chi connectivity index (χ3v) is 4.24. The third-order valence-electron chi connectivity index (χ3n) is 3.35. The van der Waals surface area contributed by atoms with E-state index in [0.717, 1.165) is 10.0 Å². The number of aromatic nitrogens is 2. The minimum atomic E-state index is -0.460. The van der Waals surface area contributed by atoms with Crippen molar-refractivity contribution in [1.82, 2.24) is 10.2 Å². The fourth-order valence-electron chi connectivity index (χ4n) is 2.09. The first-order valence-electron chi connectivity index (χ1n) is 7.12. The molecule has 0 saturated carbocycles. The highest BCUT2D eigenvalue weighted by Crippen LogP contribution is 2.23. The Bertz CT molecular complexity index is 892. The molecule has 0 aliphatic rings. The number of hydrogen-bond donors (Lipinski definition) is 1. The summed E-state index contributed by atoms with van der Waals surface area (Å²) in [6, 6.07) is 12.7. The molecule has 0 bridgehead atoms. The fourth-order valence-corrected chi connectivity index (χ4v) is 2.34. The number of hydrogen-bond acceptors (Lipinski definition) is 5. The van der Waals surface area contributed by atoms with E-state index in [9.17, 15) is 4.79 Å². The summed E-state index contributed by atoms with van der Waals surface area (Å²) in [6.45, 7) is 1.94.